The molecule has 2 aliphatic rings. The van der Waals surface area contributed by atoms with Crippen LogP contribution in [0.15, 0.2) is 53.4 Å². The van der Waals surface area contributed by atoms with Crippen LogP contribution in [-0.2, 0) is 45.4 Å². The Labute approximate surface area is 219 Å². The lowest BCUT2D eigenvalue weighted by Crippen LogP contribution is -2.50. The molecule has 3 aromatic rings. The van der Waals surface area contributed by atoms with Gasteiger partial charge in [0.15, 0.2) is 0 Å². The monoisotopic (exact) mass is 542 g/mol. The van der Waals surface area contributed by atoms with E-state index in [1.165, 1.54) is 23.5 Å². The number of carbonyl (C=O) groups is 2. The van der Waals surface area contributed by atoms with E-state index >= 15 is 0 Å². The second kappa shape index (κ2) is 10.4. The Balaban J connectivity index is 1.52. The van der Waals surface area contributed by atoms with Crippen molar-refractivity contribution in [2.75, 3.05) is 11.9 Å². The van der Waals surface area contributed by atoms with Crippen LogP contribution in [0.25, 0.3) is 0 Å². The van der Waals surface area contributed by atoms with E-state index in [2.05, 4.69) is 5.32 Å². The van der Waals surface area contributed by atoms with Crippen molar-refractivity contribution in [1.82, 2.24) is 4.31 Å². The van der Waals surface area contributed by atoms with Crippen LogP contribution in [0.1, 0.15) is 51.7 Å². The van der Waals surface area contributed by atoms with Crippen molar-refractivity contribution in [3.8, 4) is 0 Å². The minimum Gasteiger partial charge on any atom is -0.462 e. The summed E-state index contributed by atoms with van der Waals surface area (Å²) in [4.78, 5) is 27.6. The van der Waals surface area contributed by atoms with Crippen molar-refractivity contribution in [2.45, 2.75) is 56.5 Å². The average molecular weight is 543 g/mol. The number of thiophene rings is 1. The van der Waals surface area contributed by atoms with Crippen molar-refractivity contribution in [2.24, 2.45) is 0 Å². The Morgan fingerprint density at radius 2 is 1.78 bits per heavy atom. The van der Waals surface area contributed by atoms with Crippen LogP contribution in [0.5, 0.6) is 0 Å². The number of fused-ring (bicyclic) bond motifs is 2. The topological polar surface area (TPSA) is 92.8 Å². The molecule has 0 fully saturated rings. The Kier molecular flexibility index (Phi) is 7.15. The van der Waals surface area contributed by atoms with Gasteiger partial charge < -0.3 is 10.1 Å². The van der Waals surface area contributed by atoms with E-state index in [-0.39, 0.29) is 24.5 Å². The number of sulfonamides is 1. The van der Waals surface area contributed by atoms with E-state index in [4.69, 9.17) is 4.74 Å². The SMILES string of the molecule is CCOC(=O)c1c(NC(=O)[C@H]2Cc3ccccc3CN2S(=O)(=O)c2ccc(F)cc2)sc2c1CCCC2. The molecule has 1 atom stereocenters. The summed E-state index contributed by atoms with van der Waals surface area (Å²) in [6.07, 6.45) is 3.68. The number of hydrogen-bond donors (Lipinski definition) is 1. The number of benzene rings is 2. The third kappa shape index (κ3) is 4.93. The number of ether oxygens (including phenoxy) is 1. The van der Waals surface area contributed by atoms with Crippen LogP contribution in [0, 0.1) is 5.82 Å². The number of nitrogens with zero attached hydrogens (tertiary/aromatic N) is 1. The van der Waals surface area contributed by atoms with Crippen LogP contribution in [0.4, 0.5) is 9.39 Å². The van der Waals surface area contributed by atoms with Gasteiger partial charge in [0.05, 0.1) is 17.1 Å². The van der Waals surface area contributed by atoms with Gasteiger partial charge in [-0.2, -0.15) is 4.31 Å². The smallest absolute Gasteiger partial charge is 0.341 e. The summed E-state index contributed by atoms with van der Waals surface area (Å²) in [5, 5.41) is 3.28. The molecule has 0 saturated carbocycles. The van der Waals surface area contributed by atoms with E-state index in [1.807, 2.05) is 24.3 Å². The lowest BCUT2D eigenvalue weighted by molar-refractivity contribution is -0.120. The fourth-order valence-corrected chi connectivity index (χ4v) is 7.83. The number of aryl methyl sites for hydroxylation is 1. The third-order valence-corrected chi connectivity index (χ3v) is 9.89. The molecule has 1 aliphatic heterocycles. The zero-order valence-electron chi connectivity index (χ0n) is 20.3. The van der Waals surface area contributed by atoms with Crippen molar-refractivity contribution in [3.63, 3.8) is 0 Å². The second-order valence-corrected chi connectivity index (χ2v) is 12.1. The zero-order chi connectivity index (χ0) is 26.2. The molecule has 0 unspecified atom stereocenters. The Morgan fingerprint density at radius 1 is 1.08 bits per heavy atom. The van der Waals surface area contributed by atoms with Crippen LogP contribution < -0.4 is 5.32 Å². The number of rotatable bonds is 6. The van der Waals surface area contributed by atoms with Crippen molar-refractivity contribution >= 4 is 38.2 Å². The maximum Gasteiger partial charge on any atom is 0.341 e. The van der Waals surface area contributed by atoms with E-state index in [1.54, 1.807) is 6.92 Å². The summed E-state index contributed by atoms with van der Waals surface area (Å²) in [6, 6.07) is 10.9. The fraction of sp³-hybridized carbons (Fsp3) is 0.333. The molecule has 1 amide bonds. The first-order valence-electron chi connectivity index (χ1n) is 12.3. The van der Waals surface area contributed by atoms with Crippen LogP contribution >= 0.6 is 11.3 Å². The summed E-state index contributed by atoms with van der Waals surface area (Å²) in [5.41, 5.74) is 2.97. The highest BCUT2D eigenvalue weighted by Crippen LogP contribution is 2.39. The minimum absolute atomic E-state index is 0.000353. The molecule has 0 saturated heterocycles. The predicted octanol–water partition coefficient (Wildman–Crippen LogP) is 4.70. The molecule has 0 spiro atoms. The van der Waals surface area contributed by atoms with Gasteiger partial charge in [-0.3, -0.25) is 4.79 Å². The minimum atomic E-state index is -4.13. The number of anilines is 1. The van der Waals surface area contributed by atoms with Gasteiger partial charge in [0.1, 0.15) is 16.9 Å². The van der Waals surface area contributed by atoms with Gasteiger partial charge in [0.25, 0.3) is 0 Å². The molecule has 5 rings (SSSR count). The molecule has 194 valence electrons. The lowest BCUT2D eigenvalue weighted by Gasteiger charge is -2.35. The molecule has 1 aliphatic carbocycles. The highest BCUT2D eigenvalue weighted by Gasteiger charge is 2.40. The Morgan fingerprint density at radius 3 is 2.51 bits per heavy atom. The molecular formula is C27H27FN2O5S2. The highest BCUT2D eigenvalue weighted by atomic mass is 32.2. The molecule has 0 radical (unpaired) electrons. The van der Waals surface area contributed by atoms with Crippen LogP contribution in [0.3, 0.4) is 0 Å². The predicted molar refractivity (Wildman–Crippen MR) is 139 cm³/mol. The average Bonchev–Trinajstić information content (AvgIpc) is 3.26. The maximum absolute atomic E-state index is 13.7. The van der Waals surface area contributed by atoms with Gasteiger partial charge in [0.2, 0.25) is 15.9 Å². The van der Waals surface area contributed by atoms with Gasteiger partial charge >= 0.3 is 5.97 Å². The van der Waals surface area contributed by atoms with Gasteiger partial charge in [-0.1, -0.05) is 24.3 Å². The quantitative estimate of drug-likeness (QED) is 0.456. The molecule has 2 aromatic carbocycles. The van der Waals surface area contributed by atoms with Crippen LogP contribution in [-0.4, -0.2) is 37.2 Å². The third-order valence-electron chi connectivity index (χ3n) is 6.82. The summed E-state index contributed by atoms with van der Waals surface area (Å²) >= 11 is 1.36. The summed E-state index contributed by atoms with van der Waals surface area (Å²) < 4.78 is 47.3. The number of halogens is 1. The highest BCUT2D eigenvalue weighted by molar-refractivity contribution is 7.89. The van der Waals surface area contributed by atoms with E-state index in [9.17, 15) is 22.4 Å². The summed E-state index contributed by atoms with van der Waals surface area (Å²) in [7, 11) is -4.13. The van der Waals surface area contributed by atoms with E-state index < -0.39 is 33.8 Å². The molecule has 7 nitrogen and oxygen atoms in total. The Bertz CT molecular complexity index is 1450. The van der Waals surface area contributed by atoms with E-state index in [0.717, 1.165) is 63.7 Å². The van der Waals surface area contributed by atoms with Crippen molar-refractivity contribution in [3.05, 3.63) is 81.5 Å². The number of carbonyl (C=O) groups excluding carboxylic acids is 2. The number of esters is 1. The standard InChI is InChI=1S/C27H27FN2O5S2/c1-2-35-27(32)24-21-9-5-6-10-23(21)36-26(24)29-25(31)22-15-17-7-3-4-8-18(17)16-30(22)37(33,34)20-13-11-19(28)12-14-20/h3-4,7-8,11-14,22H,2,5-6,9-10,15-16H2,1H3,(H,29,31)/t22-/m1/s1. The number of hydrogen-bond acceptors (Lipinski definition) is 6. The lowest BCUT2D eigenvalue weighted by atomic mass is 9.94. The maximum atomic E-state index is 13.7. The molecule has 0 bridgehead atoms. The van der Waals surface area contributed by atoms with Gasteiger partial charge in [-0.05, 0) is 80.0 Å². The first kappa shape index (κ1) is 25.6. The molecule has 1 aromatic heterocycles. The fourth-order valence-electron chi connectivity index (χ4n) is 4.99. The van der Waals surface area contributed by atoms with Crippen molar-refractivity contribution in [1.29, 1.82) is 0 Å². The van der Waals surface area contributed by atoms with Gasteiger partial charge in [0, 0.05) is 11.4 Å². The summed E-state index contributed by atoms with van der Waals surface area (Å²) in [5.74, 6) is -1.56. The Hall–Kier alpha value is -3.08. The number of nitrogens with one attached hydrogen (secondary N) is 1. The van der Waals surface area contributed by atoms with Gasteiger partial charge in [-0.15, -0.1) is 11.3 Å². The molecule has 37 heavy (non-hydrogen) atoms. The zero-order valence-corrected chi connectivity index (χ0v) is 22.0. The van der Waals surface area contributed by atoms with Crippen molar-refractivity contribution < 1.29 is 27.1 Å². The normalized spacial score (nSPS) is 17.5. The van der Waals surface area contributed by atoms with Gasteiger partial charge in [-0.25, -0.2) is 17.6 Å². The molecular weight excluding hydrogens is 515 g/mol. The van der Waals surface area contributed by atoms with E-state index in [0.29, 0.717) is 10.6 Å². The summed E-state index contributed by atoms with van der Waals surface area (Å²) in [6.45, 7) is 1.94. The second-order valence-electron chi connectivity index (χ2n) is 9.12. The number of amides is 1. The van der Waals surface area contributed by atoms with Crippen LogP contribution in [0.2, 0.25) is 0 Å². The first-order chi connectivity index (χ1) is 17.8. The molecule has 2 heterocycles. The molecule has 10 heteroatoms. The molecule has 1 N–H and O–H groups in total. The largest absolute Gasteiger partial charge is 0.462 e. The first-order valence-corrected chi connectivity index (χ1v) is 14.5.